The van der Waals surface area contributed by atoms with Crippen molar-refractivity contribution >= 4 is 5.97 Å². The number of aliphatic hydroxyl groups excluding tert-OH is 3. The van der Waals surface area contributed by atoms with Gasteiger partial charge in [-0.3, -0.25) is 4.79 Å². The van der Waals surface area contributed by atoms with Gasteiger partial charge in [0, 0.05) is 52.4 Å². The zero-order chi connectivity index (χ0) is 18.8. The van der Waals surface area contributed by atoms with E-state index in [1.54, 1.807) is 0 Å². The summed E-state index contributed by atoms with van der Waals surface area (Å²) >= 11 is 0. The number of unbranched alkanes of at least 4 members (excludes halogenated alkanes) is 5. The molecule has 0 aromatic rings. The van der Waals surface area contributed by atoms with Crippen molar-refractivity contribution in [2.45, 2.75) is 91.9 Å². The molecule has 0 aromatic heterocycles. The Kier molecular flexibility index (Phi) is 64.2. The molecule has 0 saturated heterocycles. The first-order chi connectivity index (χ1) is 11.0. The van der Waals surface area contributed by atoms with E-state index >= 15 is 0 Å². The monoisotopic (exact) mass is 428 g/mol. The van der Waals surface area contributed by atoms with Crippen LogP contribution in [0.25, 0.3) is 0 Å². The van der Waals surface area contributed by atoms with Gasteiger partial charge in [0.05, 0.1) is 0 Å². The quantitative estimate of drug-likeness (QED) is 0.394. The Morgan fingerprint density at radius 3 is 1.04 bits per heavy atom. The predicted molar refractivity (Wildman–Crippen MR) is 97.8 cm³/mol. The fraction of sp³-hybridized carbons (Fsp3) is 0.944. The molecule has 0 aliphatic heterocycles. The molecule has 0 radical (unpaired) electrons. The molecule has 0 spiro atoms. The second-order valence-corrected chi connectivity index (χ2v) is 5.08. The summed E-state index contributed by atoms with van der Waals surface area (Å²) in [5.41, 5.74) is 0. The average Bonchev–Trinajstić information content (AvgIpc) is 2.51. The molecule has 6 heteroatoms. The van der Waals surface area contributed by atoms with Gasteiger partial charge in [0.15, 0.2) is 0 Å². The van der Waals surface area contributed by atoms with E-state index < -0.39 is 5.97 Å². The molecule has 0 aromatic carbocycles. The van der Waals surface area contributed by atoms with Crippen LogP contribution in [0.5, 0.6) is 0 Å². The first kappa shape index (κ1) is 35.4. The molecule has 148 valence electrons. The van der Waals surface area contributed by atoms with Crippen LogP contribution < -0.4 is 0 Å². The molecule has 0 unspecified atom stereocenters. The molecule has 0 fully saturated rings. The smallest absolute Gasteiger partial charge is 0.303 e. The average molecular weight is 430 g/mol. The summed E-state index contributed by atoms with van der Waals surface area (Å²) in [5.74, 6) is -0.682. The summed E-state index contributed by atoms with van der Waals surface area (Å²) in [6, 6.07) is 0. The Morgan fingerprint density at radius 2 is 0.917 bits per heavy atom. The van der Waals surface area contributed by atoms with Crippen molar-refractivity contribution in [3.05, 3.63) is 0 Å². The maximum Gasteiger partial charge on any atom is 0.303 e. The third kappa shape index (κ3) is 79.4. The summed E-state index contributed by atoms with van der Waals surface area (Å²) in [4.78, 5) is 9.87. The van der Waals surface area contributed by atoms with E-state index in [1.807, 2.05) is 0 Å². The zero-order valence-electron chi connectivity index (χ0n) is 16.4. The van der Waals surface area contributed by atoms with Crippen LogP contribution in [0.3, 0.4) is 0 Å². The normalized spacial score (nSPS) is 8.29. The molecule has 0 aliphatic rings. The number of hydrogen-bond donors (Lipinski definition) is 4. The van der Waals surface area contributed by atoms with Gasteiger partial charge in [-0.2, -0.15) is 0 Å². The van der Waals surface area contributed by atoms with Crippen molar-refractivity contribution in [2.75, 3.05) is 19.8 Å². The number of carboxylic acid groups (broad SMARTS) is 1. The van der Waals surface area contributed by atoms with Gasteiger partial charge in [0.25, 0.3) is 0 Å². The topological polar surface area (TPSA) is 98.0 Å². The minimum atomic E-state index is -0.682. The molecule has 0 aliphatic carbocycles. The molecular weight excluding hydrogens is 387 g/mol. The van der Waals surface area contributed by atoms with Gasteiger partial charge in [-0.15, -0.1) is 0 Å². The number of carbonyl (C=O) groups is 1. The second-order valence-electron chi connectivity index (χ2n) is 5.08. The molecule has 4 N–H and O–H groups in total. The van der Waals surface area contributed by atoms with Gasteiger partial charge >= 0.3 is 5.97 Å². The first-order valence-corrected chi connectivity index (χ1v) is 9.06. The standard InChI is InChI=1S/C6H12O2.3C4H10O.Zr/c1-2-3-4-5-6(7)8;3*1-2-3-4-5;/h2-5H2,1H3,(H,7,8);3*5H,2-4H2,1H3;. The minimum absolute atomic E-state index is 0. The van der Waals surface area contributed by atoms with E-state index in [2.05, 4.69) is 27.7 Å². The molecule has 0 atom stereocenters. The largest absolute Gasteiger partial charge is 0.481 e. The van der Waals surface area contributed by atoms with Crippen LogP contribution >= 0.6 is 0 Å². The van der Waals surface area contributed by atoms with Gasteiger partial charge < -0.3 is 20.4 Å². The molecule has 0 bridgehead atoms. The van der Waals surface area contributed by atoms with E-state index in [4.69, 9.17) is 20.4 Å². The minimum Gasteiger partial charge on any atom is -0.481 e. The molecule has 0 amide bonds. The van der Waals surface area contributed by atoms with Crippen molar-refractivity contribution in [1.29, 1.82) is 0 Å². The fourth-order valence-corrected chi connectivity index (χ4v) is 1.00. The molecule has 24 heavy (non-hydrogen) atoms. The molecule has 0 rings (SSSR count). The molecule has 0 saturated carbocycles. The Morgan fingerprint density at radius 1 is 0.625 bits per heavy atom. The number of rotatable bonds is 10. The van der Waals surface area contributed by atoms with E-state index in [1.165, 1.54) is 0 Å². The Hall–Kier alpha value is 0.233. The van der Waals surface area contributed by atoms with Crippen LogP contribution in [0, 0.1) is 0 Å². The number of aliphatic hydroxyl groups is 3. The number of aliphatic carboxylic acids is 1. The Balaban J connectivity index is -0.0000000677. The summed E-state index contributed by atoms with van der Waals surface area (Å²) in [6.45, 7) is 9.24. The van der Waals surface area contributed by atoms with Gasteiger partial charge in [0.1, 0.15) is 0 Å². The van der Waals surface area contributed by atoms with Gasteiger partial charge in [-0.05, 0) is 25.7 Å². The second kappa shape index (κ2) is 43.6. The van der Waals surface area contributed by atoms with E-state index in [0.29, 0.717) is 26.2 Å². The summed E-state index contributed by atoms with van der Waals surface area (Å²) in [5, 5.41) is 32.3. The molecular formula is C18H42O5Zr. The van der Waals surface area contributed by atoms with Gasteiger partial charge in [0.2, 0.25) is 0 Å². The van der Waals surface area contributed by atoms with Crippen LogP contribution in [-0.4, -0.2) is 46.2 Å². The van der Waals surface area contributed by atoms with Gasteiger partial charge in [-0.1, -0.05) is 59.8 Å². The summed E-state index contributed by atoms with van der Waals surface area (Å²) in [7, 11) is 0. The third-order valence-electron chi connectivity index (χ3n) is 2.53. The zero-order valence-corrected chi connectivity index (χ0v) is 18.8. The molecule has 0 heterocycles. The van der Waals surface area contributed by atoms with Crippen LogP contribution in [-0.2, 0) is 31.0 Å². The van der Waals surface area contributed by atoms with Crippen molar-refractivity contribution in [3.8, 4) is 0 Å². The maximum absolute atomic E-state index is 9.87. The SMILES string of the molecule is CCCCCC(=O)O.CCCCO.CCCCO.CCCCO.[Zr]. The van der Waals surface area contributed by atoms with Crippen molar-refractivity contribution in [1.82, 2.24) is 0 Å². The van der Waals surface area contributed by atoms with Crippen molar-refractivity contribution in [3.63, 3.8) is 0 Å². The Bertz CT molecular complexity index is 161. The van der Waals surface area contributed by atoms with Crippen LogP contribution in [0.2, 0.25) is 0 Å². The summed E-state index contributed by atoms with van der Waals surface area (Å²) in [6.07, 6.45) is 9.39. The van der Waals surface area contributed by atoms with E-state index in [0.717, 1.165) is 57.8 Å². The fourth-order valence-electron chi connectivity index (χ4n) is 1.00. The van der Waals surface area contributed by atoms with Gasteiger partial charge in [-0.25, -0.2) is 0 Å². The summed E-state index contributed by atoms with van der Waals surface area (Å²) < 4.78 is 0. The maximum atomic E-state index is 9.87. The van der Waals surface area contributed by atoms with Crippen LogP contribution in [0.15, 0.2) is 0 Å². The van der Waals surface area contributed by atoms with Crippen molar-refractivity contribution in [2.24, 2.45) is 0 Å². The molecule has 5 nitrogen and oxygen atoms in total. The number of carboxylic acids is 1. The van der Waals surface area contributed by atoms with E-state index in [-0.39, 0.29) is 26.2 Å². The van der Waals surface area contributed by atoms with Crippen molar-refractivity contribution < 1.29 is 51.4 Å². The third-order valence-corrected chi connectivity index (χ3v) is 2.53. The predicted octanol–water partition coefficient (Wildman–Crippen LogP) is 3.99. The van der Waals surface area contributed by atoms with Crippen LogP contribution in [0.1, 0.15) is 91.9 Å². The van der Waals surface area contributed by atoms with Crippen LogP contribution in [0.4, 0.5) is 0 Å². The Labute approximate surface area is 169 Å². The number of hydrogen-bond acceptors (Lipinski definition) is 4. The first-order valence-electron chi connectivity index (χ1n) is 9.06. The van der Waals surface area contributed by atoms with E-state index in [9.17, 15) is 4.79 Å².